The lowest BCUT2D eigenvalue weighted by molar-refractivity contribution is 0.262. The maximum absolute atomic E-state index is 9.44. The van der Waals surface area contributed by atoms with E-state index in [1.807, 2.05) is 11.8 Å². The number of rotatable bonds is 3. The second-order valence-electron chi connectivity index (χ2n) is 5.04. The quantitative estimate of drug-likeness (QED) is 0.768. The lowest BCUT2D eigenvalue weighted by atomic mass is 9.94. The van der Waals surface area contributed by atoms with Gasteiger partial charge < -0.3 is 5.11 Å². The van der Waals surface area contributed by atoms with Gasteiger partial charge in [-0.3, -0.25) is 0 Å². The Bertz CT molecular complexity index is 588. The van der Waals surface area contributed by atoms with Gasteiger partial charge in [-0.25, -0.2) is 0 Å². The van der Waals surface area contributed by atoms with Crippen molar-refractivity contribution in [2.45, 2.75) is 35.5 Å². The van der Waals surface area contributed by atoms with E-state index in [1.165, 1.54) is 26.5 Å². The third-order valence-corrected chi connectivity index (χ3v) is 5.08. The van der Waals surface area contributed by atoms with Crippen molar-refractivity contribution in [2.75, 3.05) is 6.61 Å². The molecular formula is C17H18OS. The van der Waals surface area contributed by atoms with Crippen molar-refractivity contribution in [2.24, 2.45) is 0 Å². The SMILES string of the molecule is CCC(CO)c1ccc2c(c1)Cc1ccccc1S2. The molecule has 1 atom stereocenters. The summed E-state index contributed by atoms with van der Waals surface area (Å²) in [5, 5.41) is 9.44. The molecule has 0 saturated carbocycles. The van der Waals surface area contributed by atoms with Crippen LogP contribution in [0.3, 0.4) is 0 Å². The summed E-state index contributed by atoms with van der Waals surface area (Å²) in [6, 6.07) is 15.3. The van der Waals surface area contributed by atoms with Crippen LogP contribution in [0.25, 0.3) is 0 Å². The first kappa shape index (κ1) is 12.8. The number of aliphatic hydroxyl groups excluding tert-OH is 1. The zero-order valence-electron chi connectivity index (χ0n) is 11.1. The van der Waals surface area contributed by atoms with Crippen LogP contribution in [-0.2, 0) is 6.42 Å². The summed E-state index contributed by atoms with van der Waals surface area (Å²) in [6.45, 7) is 2.36. The summed E-state index contributed by atoms with van der Waals surface area (Å²) in [5.74, 6) is 0.271. The van der Waals surface area contributed by atoms with Crippen LogP contribution < -0.4 is 0 Å². The van der Waals surface area contributed by atoms with E-state index in [0.717, 1.165) is 12.8 Å². The molecule has 1 aliphatic heterocycles. The average Bonchev–Trinajstić information content (AvgIpc) is 2.46. The molecule has 1 unspecified atom stereocenters. The molecule has 0 spiro atoms. The highest BCUT2D eigenvalue weighted by Crippen LogP contribution is 2.40. The Kier molecular flexibility index (Phi) is 3.63. The highest BCUT2D eigenvalue weighted by atomic mass is 32.2. The van der Waals surface area contributed by atoms with Gasteiger partial charge in [0.25, 0.3) is 0 Å². The van der Waals surface area contributed by atoms with Gasteiger partial charge in [-0.15, -0.1) is 0 Å². The van der Waals surface area contributed by atoms with Crippen molar-refractivity contribution < 1.29 is 5.11 Å². The van der Waals surface area contributed by atoms with Crippen molar-refractivity contribution >= 4 is 11.8 Å². The van der Waals surface area contributed by atoms with Crippen molar-refractivity contribution in [3.8, 4) is 0 Å². The number of fused-ring (bicyclic) bond motifs is 2. The normalized spacial score (nSPS) is 14.6. The van der Waals surface area contributed by atoms with Crippen LogP contribution >= 0.6 is 11.8 Å². The van der Waals surface area contributed by atoms with E-state index < -0.39 is 0 Å². The van der Waals surface area contributed by atoms with Crippen LogP contribution in [0.4, 0.5) is 0 Å². The maximum atomic E-state index is 9.44. The largest absolute Gasteiger partial charge is 0.396 e. The summed E-state index contributed by atoms with van der Waals surface area (Å²) in [5.41, 5.74) is 4.08. The third-order valence-electron chi connectivity index (χ3n) is 3.84. The second-order valence-corrected chi connectivity index (χ2v) is 6.13. The van der Waals surface area contributed by atoms with Gasteiger partial charge in [0.15, 0.2) is 0 Å². The van der Waals surface area contributed by atoms with Gasteiger partial charge in [-0.05, 0) is 41.7 Å². The van der Waals surface area contributed by atoms with E-state index in [0.29, 0.717) is 0 Å². The van der Waals surface area contributed by atoms with E-state index in [-0.39, 0.29) is 12.5 Å². The molecule has 2 aromatic carbocycles. The predicted molar refractivity (Wildman–Crippen MR) is 79.9 cm³/mol. The molecule has 19 heavy (non-hydrogen) atoms. The molecule has 0 fully saturated rings. The molecule has 1 nitrogen and oxygen atoms in total. The highest BCUT2D eigenvalue weighted by molar-refractivity contribution is 7.99. The smallest absolute Gasteiger partial charge is 0.0499 e. The maximum Gasteiger partial charge on any atom is 0.0499 e. The Hall–Kier alpha value is -1.25. The van der Waals surface area contributed by atoms with Crippen LogP contribution in [-0.4, -0.2) is 11.7 Å². The molecule has 2 aromatic rings. The summed E-state index contributed by atoms with van der Waals surface area (Å²) < 4.78 is 0. The average molecular weight is 270 g/mol. The molecule has 1 heterocycles. The van der Waals surface area contributed by atoms with E-state index in [2.05, 4.69) is 49.4 Å². The highest BCUT2D eigenvalue weighted by Gasteiger charge is 2.17. The lowest BCUT2D eigenvalue weighted by Crippen LogP contribution is -2.05. The van der Waals surface area contributed by atoms with E-state index >= 15 is 0 Å². The predicted octanol–water partition coefficient (Wildman–Crippen LogP) is 4.23. The summed E-state index contributed by atoms with van der Waals surface area (Å²) in [6.07, 6.45) is 1.99. The first-order valence-corrected chi connectivity index (χ1v) is 7.63. The van der Waals surface area contributed by atoms with Crippen molar-refractivity contribution in [3.63, 3.8) is 0 Å². The summed E-state index contributed by atoms with van der Waals surface area (Å²) >= 11 is 1.86. The van der Waals surface area contributed by atoms with E-state index in [9.17, 15) is 5.11 Å². The molecule has 0 saturated heterocycles. The first-order valence-electron chi connectivity index (χ1n) is 6.81. The van der Waals surface area contributed by atoms with Crippen LogP contribution in [0.1, 0.15) is 36.0 Å². The molecule has 1 aliphatic rings. The number of benzene rings is 2. The Morgan fingerprint density at radius 1 is 1.11 bits per heavy atom. The molecule has 0 amide bonds. The number of hydrogen-bond acceptors (Lipinski definition) is 2. The van der Waals surface area contributed by atoms with E-state index in [1.54, 1.807) is 0 Å². The van der Waals surface area contributed by atoms with Gasteiger partial charge in [0.1, 0.15) is 0 Å². The minimum absolute atomic E-state index is 0.235. The molecule has 98 valence electrons. The molecule has 1 N–H and O–H groups in total. The van der Waals surface area contributed by atoms with Crippen molar-refractivity contribution in [1.29, 1.82) is 0 Å². The molecule has 0 aliphatic carbocycles. The molecular weight excluding hydrogens is 252 g/mol. The van der Waals surface area contributed by atoms with Crippen molar-refractivity contribution in [1.82, 2.24) is 0 Å². The fourth-order valence-electron chi connectivity index (χ4n) is 2.63. The minimum Gasteiger partial charge on any atom is -0.396 e. The summed E-state index contributed by atoms with van der Waals surface area (Å²) in [7, 11) is 0. The number of hydrogen-bond donors (Lipinski definition) is 1. The molecule has 0 radical (unpaired) electrons. The van der Waals surface area contributed by atoms with Gasteiger partial charge in [-0.2, -0.15) is 0 Å². The van der Waals surface area contributed by atoms with Gasteiger partial charge in [0.05, 0.1) is 0 Å². The van der Waals surface area contributed by atoms with Crippen LogP contribution in [0.15, 0.2) is 52.3 Å². The zero-order valence-corrected chi connectivity index (χ0v) is 11.9. The van der Waals surface area contributed by atoms with Gasteiger partial charge in [0.2, 0.25) is 0 Å². The monoisotopic (exact) mass is 270 g/mol. The summed E-state index contributed by atoms with van der Waals surface area (Å²) in [4.78, 5) is 2.73. The topological polar surface area (TPSA) is 20.2 Å². The second kappa shape index (κ2) is 5.40. The third kappa shape index (κ3) is 2.43. The van der Waals surface area contributed by atoms with Gasteiger partial charge in [-0.1, -0.05) is 49.0 Å². The lowest BCUT2D eigenvalue weighted by Gasteiger charge is -2.21. The minimum atomic E-state index is 0.235. The molecule has 0 aromatic heterocycles. The molecule has 3 rings (SSSR count). The van der Waals surface area contributed by atoms with E-state index in [4.69, 9.17) is 0 Å². The van der Waals surface area contributed by atoms with Crippen LogP contribution in [0.5, 0.6) is 0 Å². The molecule has 2 heteroatoms. The standard InChI is InChI=1S/C17H18OS/c1-2-12(11-18)13-7-8-17-15(9-13)10-14-5-3-4-6-16(14)19-17/h3-9,12,18H,2,10-11H2,1H3. The van der Waals surface area contributed by atoms with Gasteiger partial charge in [0, 0.05) is 22.3 Å². The van der Waals surface area contributed by atoms with Crippen molar-refractivity contribution in [3.05, 3.63) is 59.2 Å². The first-order chi connectivity index (χ1) is 9.31. The Morgan fingerprint density at radius 2 is 1.89 bits per heavy atom. The van der Waals surface area contributed by atoms with Crippen LogP contribution in [0, 0.1) is 0 Å². The Morgan fingerprint density at radius 3 is 2.68 bits per heavy atom. The fourth-order valence-corrected chi connectivity index (χ4v) is 3.69. The molecule has 0 bridgehead atoms. The fraction of sp³-hybridized carbons (Fsp3) is 0.294. The van der Waals surface area contributed by atoms with Crippen LogP contribution in [0.2, 0.25) is 0 Å². The number of aliphatic hydroxyl groups is 1. The Balaban J connectivity index is 1.96. The zero-order chi connectivity index (χ0) is 13.2. The van der Waals surface area contributed by atoms with Gasteiger partial charge >= 0.3 is 0 Å². The Labute approximate surface area is 118 Å².